The van der Waals surface area contributed by atoms with E-state index in [0.29, 0.717) is 17.4 Å². The van der Waals surface area contributed by atoms with E-state index in [9.17, 15) is 19.5 Å². The minimum atomic E-state index is -1.61. The van der Waals surface area contributed by atoms with Crippen LogP contribution in [0.3, 0.4) is 0 Å². The molecule has 2 unspecified atom stereocenters. The summed E-state index contributed by atoms with van der Waals surface area (Å²) < 4.78 is 22.6. The van der Waals surface area contributed by atoms with Crippen molar-refractivity contribution in [2.45, 2.75) is 334 Å². The van der Waals surface area contributed by atoms with Gasteiger partial charge in [0.05, 0.1) is 40.3 Å². The zero-order valence-corrected chi connectivity index (χ0v) is 48.1. The van der Waals surface area contributed by atoms with Gasteiger partial charge in [-0.15, -0.1) is 0 Å². The lowest BCUT2D eigenvalue weighted by Gasteiger charge is -2.26. The van der Waals surface area contributed by atoms with Gasteiger partial charge >= 0.3 is 11.9 Å². The molecule has 0 aromatic rings. The maximum atomic E-state index is 12.8. The van der Waals surface area contributed by atoms with Gasteiger partial charge in [0, 0.05) is 12.8 Å². The molecule has 71 heavy (non-hydrogen) atoms. The van der Waals surface area contributed by atoms with Crippen molar-refractivity contribution in [1.82, 2.24) is 0 Å². The summed E-state index contributed by atoms with van der Waals surface area (Å²) >= 11 is 0. The van der Waals surface area contributed by atoms with E-state index >= 15 is 0 Å². The highest BCUT2D eigenvalue weighted by Gasteiger charge is 2.22. The number of carbonyl (C=O) groups excluding carboxylic acids is 3. The van der Waals surface area contributed by atoms with Gasteiger partial charge in [-0.25, -0.2) is 0 Å². The molecule has 0 N–H and O–H groups in total. The predicted octanol–water partition coefficient (Wildman–Crippen LogP) is 17.0. The van der Waals surface area contributed by atoms with E-state index in [1.807, 2.05) is 21.1 Å². The molecule has 0 heterocycles. The highest BCUT2D eigenvalue weighted by Crippen LogP contribution is 2.19. The van der Waals surface area contributed by atoms with Gasteiger partial charge in [-0.05, 0) is 12.8 Å². The van der Waals surface area contributed by atoms with Crippen molar-refractivity contribution < 1.29 is 42.9 Å². The SMILES string of the molecule is CCCCCCCCCCCCCCCCCCCCCCCCCCCCCCCCCCCCCCCCCC(=O)OC(COC(=O)CCCCCCCCC)COC(OCC[N+](C)(C)C)C(=O)[O-]. The molecule has 0 amide bonds. The number of carbonyl (C=O) groups is 3. The Morgan fingerprint density at radius 3 is 0.901 bits per heavy atom. The molecular weight excluding hydrogens is 887 g/mol. The Morgan fingerprint density at radius 2 is 0.634 bits per heavy atom. The second-order valence-electron chi connectivity index (χ2n) is 22.7. The molecule has 422 valence electrons. The topological polar surface area (TPSA) is 111 Å². The lowest BCUT2D eigenvalue weighted by atomic mass is 10.0. The van der Waals surface area contributed by atoms with Crippen LogP contribution < -0.4 is 5.11 Å². The van der Waals surface area contributed by atoms with Gasteiger partial charge < -0.3 is 33.3 Å². The smallest absolute Gasteiger partial charge is 0.306 e. The lowest BCUT2D eigenvalue weighted by molar-refractivity contribution is -0.870. The summed E-state index contributed by atoms with van der Waals surface area (Å²) in [5.41, 5.74) is 0. The summed E-state index contributed by atoms with van der Waals surface area (Å²) in [6, 6.07) is 0. The molecule has 2 atom stereocenters. The van der Waals surface area contributed by atoms with Gasteiger partial charge in [-0.2, -0.15) is 0 Å². The molecule has 0 aromatic carbocycles. The summed E-state index contributed by atoms with van der Waals surface area (Å²) in [5, 5.41) is 11.7. The third kappa shape index (κ3) is 55.9. The molecule has 9 heteroatoms. The number of rotatable bonds is 59. The number of aliphatic carboxylic acids is 1. The molecule has 0 aliphatic carbocycles. The van der Waals surface area contributed by atoms with Gasteiger partial charge in [0.1, 0.15) is 13.2 Å². The van der Waals surface area contributed by atoms with Crippen LogP contribution in [0, 0.1) is 0 Å². The van der Waals surface area contributed by atoms with Gasteiger partial charge in [0.25, 0.3) is 0 Å². The van der Waals surface area contributed by atoms with Crippen LogP contribution in [0.15, 0.2) is 0 Å². The maximum Gasteiger partial charge on any atom is 0.306 e. The summed E-state index contributed by atoms with van der Waals surface area (Å²) in [7, 11) is 5.92. The second-order valence-corrected chi connectivity index (χ2v) is 22.7. The van der Waals surface area contributed by atoms with E-state index in [1.165, 1.54) is 257 Å². The van der Waals surface area contributed by atoms with Crippen molar-refractivity contribution in [3.8, 4) is 0 Å². The summed E-state index contributed by atoms with van der Waals surface area (Å²) in [6.45, 7) is 4.74. The molecule has 0 aromatic heterocycles. The Hall–Kier alpha value is -1.71. The van der Waals surface area contributed by atoms with Crippen molar-refractivity contribution in [2.75, 3.05) is 47.5 Å². The molecule has 0 aliphatic rings. The number of hydrogen-bond donors (Lipinski definition) is 0. The van der Waals surface area contributed by atoms with Gasteiger partial charge in [-0.1, -0.05) is 296 Å². The third-order valence-corrected chi connectivity index (χ3v) is 14.4. The number of carboxylic acid groups (broad SMARTS) is 1. The summed E-state index contributed by atoms with van der Waals surface area (Å²) in [5.74, 6) is -2.27. The average molecular weight is 1010 g/mol. The highest BCUT2D eigenvalue weighted by atomic mass is 16.7. The molecule has 0 fully saturated rings. The van der Waals surface area contributed by atoms with Crippen LogP contribution in [0.4, 0.5) is 0 Å². The fourth-order valence-electron chi connectivity index (χ4n) is 9.54. The van der Waals surface area contributed by atoms with E-state index in [-0.39, 0.29) is 32.2 Å². The molecule has 0 aliphatic heterocycles. The van der Waals surface area contributed by atoms with Crippen molar-refractivity contribution in [3.05, 3.63) is 0 Å². The fraction of sp³-hybridized carbons (Fsp3) is 0.952. The normalized spacial score (nSPS) is 12.6. The molecule has 0 radical (unpaired) electrons. The number of nitrogens with zero attached hydrogens (tertiary/aromatic N) is 1. The monoisotopic (exact) mass is 1010 g/mol. The molecule has 9 nitrogen and oxygen atoms in total. The van der Waals surface area contributed by atoms with Crippen LogP contribution in [0.5, 0.6) is 0 Å². The first-order valence-corrected chi connectivity index (χ1v) is 31.2. The maximum absolute atomic E-state index is 12.8. The zero-order chi connectivity index (χ0) is 52.0. The molecule has 0 spiro atoms. The van der Waals surface area contributed by atoms with Crippen LogP contribution in [0.1, 0.15) is 322 Å². The molecule has 0 saturated heterocycles. The van der Waals surface area contributed by atoms with Crippen molar-refractivity contribution in [2.24, 2.45) is 0 Å². The van der Waals surface area contributed by atoms with E-state index in [2.05, 4.69) is 13.8 Å². The van der Waals surface area contributed by atoms with Gasteiger partial charge in [-0.3, -0.25) is 9.59 Å². The molecule has 0 rings (SSSR count). The average Bonchev–Trinajstić information content (AvgIpc) is 3.34. The van der Waals surface area contributed by atoms with E-state index in [4.69, 9.17) is 18.9 Å². The van der Waals surface area contributed by atoms with E-state index in [1.54, 1.807) is 0 Å². The minimum absolute atomic E-state index is 0.153. The molecule has 0 saturated carbocycles. The Kier molecular flexibility index (Phi) is 53.2. The van der Waals surface area contributed by atoms with Crippen LogP contribution in [0.25, 0.3) is 0 Å². The number of quaternary nitrogens is 1. The van der Waals surface area contributed by atoms with Crippen LogP contribution in [-0.2, 0) is 33.3 Å². The summed E-state index contributed by atoms with van der Waals surface area (Å²) in [4.78, 5) is 36.9. The summed E-state index contributed by atoms with van der Waals surface area (Å²) in [6.07, 6.45) is 59.6. The first-order chi connectivity index (χ1) is 34.6. The van der Waals surface area contributed by atoms with Crippen molar-refractivity contribution in [3.63, 3.8) is 0 Å². The van der Waals surface area contributed by atoms with Crippen LogP contribution in [0.2, 0.25) is 0 Å². The number of unbranched alkanes of at least 4 members (excludes halogenated alkanes) is 44. The van der Waals surface area contributed by atoms with Crippen LogP contribution >= 0.6 is 0 Å². The molecular formula is C62H121NO8. The number of hydrogen-bond acceptors (Lipinski definition) is 8. The molecule has 0 bridgehead atoms. The first kappa shape index (κ1) is 69.3. The first-order valence-electron chi connectivity index (χ1n) is 31.2. The number of esters is 2. The fourth-order valence-corrected chi connectivity index (χ4v) is 9.54. The largest absolute Gasteiger partial charge is 0.545 e. The van der Waals surface area contributed by atoms with Gasteiger partial charge in [0.2, 0.25) is 0 Å². The third-order valence-electron chi connectivity index (χ3n) is 14.4. The van der Waals surface area contributed by atoms with Crippen LogP contribution in [-0.4, -0.2) is 82.3 Å². The Morgan fingerprint density at radius 1 is 0.366 bits per heavy atom. The minimum Gasteiger partial charge on any atom is -0.545 e. The number of likely N-dealkylation sites (N-methyl/N-ethyl adjacent to an activating group) is 1. The van der Waals surface area contributed by atoms with Crippen molar-refractivity contribution in [1.29, 1.82) is 0 Å². The number of ether oxygens (including phenoxy) is 4. The highest BCUT2D eigenvalue weighted by molar-refractivity contribution is 5.70. The lowest BCUT2D eigenvalue weighted by Crippen LogP contribution is -2.44. The predicted molar refractivity (Wildman–Crippen MR) is 297 cm³/mol. The van der Waals surface area contributed by atoms with Crippen molar-refractivity contribution >= 4 is 17.9 Å². The van der Waals surface area contributed by atoms with E-state index < -0.39 is 24.3 Å². The quantitative estimate of drug-likeness (QED) is 0.0256. The van der Waals surface area contributed by atoms with Gasteiger partial charge in [0.15, 0.2) is 12.4 Å². The Balaban J connectivity index is 3.76. The second kappa shape index (κ2) is 54.5. The Labute approximate surface area is 441 Å². The zero-order valence-electron chi connectivity index (χ0n) is 48.1. The standard InChI is InChI=1S/C62H121NO8/c1-6-8-10-12-14-15-16-17-18-19-20-21-22-23-24-25-26-27-28-29-30-31-32-33-34-35-36-37-38-39-40-41-42-43-44-45-47-49-51-53-60(65)71-58(56-69-59(64)52-50-48-46-13-11-9-7-2)57-70-62(61(66)67)68-55-54-63(3,4)5/h58,62H,6-57H2,1-5H3. The number of carboxylic acids is 1. The Bertz CT molecular complexity index is 1130. The van der Waals surface area contributed by atoms with E-state index in [0.717, 1.165) is 38.5 Å².